The molecular weight excluding hydrogens is 249 g/mol. The van der Waals surface area contributed by atoms with Crippen molar-refractivity contribution in [1.29, 1.82) is 0 Å². The maximum atomic E-state index is 12.1. The van der Waals surface area contributed by atoms with Crippen LogP contribution in [0.5, 0.6) is 0 Å². The number of hydrogen-bond donors (Lipinski definition) is 1. The SMILES string of the molecule is CCNC(CCCC(F)(F)F)c1cnc(C)s1. The molecule has 98 valence electrons. The second-order valence-corrected chi connectivity index (χ2v) is 5.17. The fourth-order valence-corrected chi connectivity index (χ4v) is 2.53. The lowest BCUT2D eigenvalue weighted by Crippen LogP contribution is -2.20. The van der Waals surface area contributed by atoms with Crippen LogP contribution >= 0.6 is 11.3 Å². The summed E-state index contributed by atoms with van der Waals surface area (Å²) in [5.41, 5.74) is 0. The highest BCUT2D eigenvalue weighted by molar-refractivity contribution is 7.11. The summed E-state index contributed by atoms with van der Waals surface area (Å²) >= 11 is 1.54. The highest BCUT2D eigenvalue weighted by atomic mass is 32.1. The summed E-state index contributed by atoms with van der Waals surface area (Å²) in [6.45, 7) is 4.59. The smallest absolute Gasteiger partial charge is 0.309 e. The Bertz CT molecular complexity index is 336. The summed E-state index contributed by atoms with van der Waals surface area (Å²) in [6.07, 6.45) is -2.37. The van der Waals surface area contributed by atoms with Gasteiger partial charge in [0.1, 0.15) is 0 Å². The van der Waals surface area contributed by atoms with E-state index in [-0.39, 0.29) is 12.5 Å². The van der Waals surface area contributed by atoms with Crippen LogP contribution in [0.4, 0.5) is 13.2 Å². The number of rotatable bonds is 6. The normalized spacial score (nSPS) is 13.9. The fourth-order valence-electron chi connectivity index (χ4n) is 1.64. The van der Waals surface area contributed by atoms with E-state index in [1.165, 1.54) is 11.3 Å². The third kappa shape index (κ3) is 5.50. The number of thiazole rings is 1. The van der Waals surface area contributed by atoms with E-state index in [4.69, 9.17) is 0 Å². The molecule has 1 aromatic heterocycles. The van der Waals surface area contributed by atoms with Gasteiger partial charge in [-0.1, -0.05) is 6.92 Å². The molecule has 6 heteroatoms. The fraction of sp³-hybridized carbons (Fsp3) is 0.727. The Kier molecular flexibility index (Phi) is 5.39. The second kappa shape index (κ2) is 6.35. The van der Waals surface area contributed by atoms with Gasteiger partial charge in [-0.15, -0.1) is 11.3 Å². The third-order valence-corrected chi connectivity index (χ3v) is 3.41. The first kappa shape index (κ1) is 14.4. The predicted molar refractivity (Wildman–Crippen MR) is 63.2 cm³/mol. The quantitative estimate of drug-likeness (QED) is 0.846. The van der Waals surface area contributed by atoms with Gasteiger partial charge < -0.3 is 5.32 Å². The Hall–Kier alpha value is -0.620. The molecule has 0 aromatic carbocycles. The van der Waals surface area contributed by atoms with E-state index in [1.54, 1.807) is 6.20 Å². The van der Waals surface area contributed by atoms with E-state index < -0.39 is 12.6 Å². The first-order valence-electron chi connectivity index (χ1n) is 5.65. The van der Waals surface area contributed by atoms with E-state index in [0.29, 0.717) is 6.42 Å². The van der Waals surface area contributed by atoms with Crippen LogP contribution in [0, 0.1) is 6.92 Å². The van der Waals surface area contributed by atoms with Crippen LogP contribution in [0.15, 0.2) is 6.20 Å². The van der Waals surface area contributed by atoms with Crippen LogP contribution < -0.4 is 5.32 Å². The molecule has 0 aliphatic rings. The number of halogens is 3. The van der Waals surface area contributed by atoms with E-state index >= 15 is 0 Å². The third-order valence-electron chi connectivity index (χ3n) is 2.39. The number of hydrogen-bond acceptors (Lipinski definition) is 3. The number of aromatic nitrogens is 1. The molecule has 1 atom stereocenters. The number of aryl methyl sites for hydroxylation is 1. The molecule has 2 nitrogen and oxygen atoms in total. The topological polar surface area (TPSA) is 24.9 Å². The molecule has 0 aliphatic heterocycles. The zero-order valence-electron chi connectivity index (χ0n) is 9.97. The summed E-state index contributed by atoms with van der Waals surface area (Å²) < 4.78 is 36.2. The van der Waals surface area contributed by atoms with E-state index in [9.17, 15) is 13.2 Å². The minimum absolute atomic E-state index is 0.00597. The van der Waals surface area contributed by atoms with Crippen molar-refractivity contribution < 1.29 is 13.2 Å². The van der Waals surface area contributed by atoms with Crippen molar-refractivity contribution in [2.75, 3.05) is 6.54 Å². The van der Waals surface area contributed by atoms with Crippen molar-refractivity contribution in [1.82, 2.24) is 10.3 Å². The van der Waals surface area contributed by atoms with Crippen LogP contribution in [-0.4, -0.2) is 17.7 Å². The Morgan fingerprint density at radius 2 is 2.18 bits per heavy atom. The molecule has 0 bridgehead atoms. The molecule has 0 fully saturated rings. The van der Waals surface area contributed by atoms with Crippen LogP contribution in [0.2, 0.25) is 0 Å². The van der Waals surface area contributed by atoms with Crippen LogP contribution in [0.3, 0.4) is 0 Å². The lowest BCUT2D eigenvalue weighted by Gasteiger charge is -2.16. The summed E-state index contributed by atoms with van der Waals surface area (Å²) in [6, 6.07) is -0.00597. The van der Waals surface area contributed by atoms with Crippen molar-refractivity contribution >= 4 is 11.3 Å². The molecular formula is C11H17F3N2S. The van der Waals surface area contributed by atoms with Gasteiger partial charge in [-0.2, -0.15) is 13.2 Å². The Morgan fingerprint density at radius 3 is 2.65 bits per heavy atom. The highest BCUT2D eigenvalue weighted by Gasteiger charge is 2.27. The standard InChI is InChI=1S/C11H17F3N2S/c1-3-15-9(5-4-6-11(12,13)14)10-7-16-8(2)17-10/h7,9,15H,3-6H2,1-2H3. The van der Waals surface area contributed by atoms with Gasteiger partial charge in [-0.05, 0) is 26.3 Å². The van der Waals surface area contributed by atoms with Crippen LogP contribution in [0.25, 0.3) is 0 Å². The Labute approximate surface area is 103 Å². The van der Waals surface area contributed by atoms with Gasteiger partial charge in [0.15, 0.2) is 0 Å². The van der Waals surface area contributed by atoms with Gasteiger partial charge in [0, 0.05) is 23.5 Å². The molecule has 0 radical (unpaired) electrons. The second-order valence-electron chi connectivity index (χ2n) is 3.90. The molecule has 0 saturated heterocycles. The molecule has 0 aliphatic carbocycles. The maximum Gasteiger partial charge on any atom is 0.389 e. The lowest BCUT2D eigenvalue weighted by molar-refractivity contribution is -0.135. The Morgan fingerprint density at radius 1 is 1.47 bits per heavy atom. The van der Waals surface area contributed by atoms with Gasteiger partial charge in [0.05, 0.1) is 5.01 Å². The zero-order valence-corrected chi connectivity index (χ0v) is 10.8. The summed E-state index contributed by atoms with van der Waals surface area (Å²) in [4.78, 5) is 5.15. The molecule has 1 unspecified atom stereocenters. The average molecular weight is 266 g/mol. The maximum absolute atomic E-state index is 12.1. The number of alkyl halides is 3. The first-order chi connectivity index (χ1) is 7.92. The number of nitrogens with zero attached hydrogens (tertiary/aromatic N) is 1. The minimum Gasteiger partial charge on any atom is -0.309 e. The van der Waals surface area contributed by atoms with Gasteiger partial charge in [-0.25, -0.2) is 4.98 Å². The molecule has 0 spiro atoms. The first-order valence-corrected chi connectivity index (χ1v) is 6.46. The average Bonchev–Trinajstić information content (AvgIpc) is 2.62. The van der Waals surface area contributed by atoms with Crippen molar-refractivity contribution in [3.63, 3.8) is 0 Å². The molecule has 0 amide bonds. The predicted octanol–water partition coefficient (Wildman–Crippen LogP) is 3.83. The van der Waals surface area contributed by atoms with Crippen molar-refractivity contribution in [2.45, 2.75) is 45.3 Å². The Balaban J connectivity index is 2.49. The molecule has 1 rings (SSSR count). The van der Waals surface area contributed by atoms with Crippen LogP contribution in [-0.2, 0) is 0 Å². The van der Waals surface area contributed by atoms with E-state index in [1.807, 2.05) is 13.8 Å². The van der Waals surface area contributed by atoms with Gasteiger partial charge in [-0.3, -0.25) is 0 Å². The number of nitrogens with one attached hydrogen (secondary N) is 1. The van der Waals surface area contributed by atoms with E-state index in [0.717, 1.165) is 16.4 Å². The largest absolute Gasteiger partial charge is 0.389 e. The molecule has 1 aromatic rings. The van der Waals surface area contributed by atoms with Crippen molar-refractivity contribution in [3.8, 4) is 0 Å². The van der Waals surface area contributed by atoms with Crippen molar-refractivity contribution in [2.24, 2.45) is 0 Å². The highest BCUT2D eigenvalue weighted by Crippen LogP contribution is 2.28. The van der Waals surface area contributed by atoms with Gasteiger partial charge >= 0.3 is 6.18 Å². The minimum atomic E-state index is -4.06. The molecule has 0 saturated carbocycles. The zero-order chi connectivity index (χ0) is 12.9. The van der Waals surface area contributed by atoms with Gasteiger partial charge in [0.2, 0.25) is 0 Å². The monoisotopic (exact) mass is 266 g/mol. The summed E-state index contributed by atoms with van der Waals surface area (Å²) in [7, 11) is 0. The van der Waals surface area contributed by atoms with Crippen molar-refractivity contribution in [3.05, 3.63) is 16.1 Å². The summed E-state index contributed by atoms with van der Waals surface area (Å²) in [5.74, 6) is 0. The molecule has 1 N–H and O–H groups in total. The molecule has 1 heterocycles. The van der Waals surface area contributed by atoms with Gasteiger partial charge in [0.25, 0.3) is 0 Å². The molecule has 17 heavy (non-hydrogen) atoms. The lowest BCUT2D eigenvalue weighted by atomic mass is 10.1. The summed E-state index contributed by atoms with van der Waals surface area (Å²) in [5, 5.41) is 4.14. The van der Waals surface area contributed by atoms with E-state index in [2.05, 4.69) is 10.3 Å². The van der Waals surface area contributed by atoms with Crippen LogP contribution in [0.1, 0.15) is 42.1 Å².